The van der Waals surface area contributed by atoms with E-state index in [4.69, 9.17) is 24.2 Å². The molecule has 5 heterocycles. The van der Waals surface area contributed by atoms with Crippen molar-refractivity contribution in [2.45, 2.75) is 69.9 Å². The van der Waals surface area contributed by atoms with Crippen LogP contribution in [0.1, 0.15) is 68.7 Å². The molecular weight excluding hydrogens is 749 g/mol. The van der Waals surface area contributed by atoms with Gasteiger partial charge in [0.1, 0.15) is 17.7 Å². The maximum atomic E-state index is 14.0. The molecule has 3 aromatic heterocycles. The van der Waals surface area contributed by atoms with E-state index in [1.165, 1.54) is 7.11 Å². The largest absolute Gasteiger partial charge is 0.453 e. The lowest BCUT2D eigenvalue weighted by atomic mass is 9.78. The van der Waals surface area contributed by atoms with E-state index in [0.717, 1.165) is 64.3 Å². The second-order valence-electron chi connectivity index (χ2n) is 16.6. The molecule has 2 aliphatic heterocycles. The Hall–Kier alpha value is -5.86. The predicted molar refractivity (Wildman–Crippen MR) is 218 cm³/mol. The van der Waals surface area contributed by atoms with Crippen molar-refractivity contribution in [3.8, 4) is 33.6 Å². The zero-order valence-electron chi connectivity index (χ0n) is 33.5. The molecule has 4 N–H and O–H groups in total. The molecule has 14 nitrogen and oxygen atoms in total. The number of methoxy groups -OCH3 is 1. The fourth-order valence-electron chi connectivity index (χ4n) is 9.76. The van der Waals surface area contributed by atoms with Crippen molar-refractivity contribution >= 4 is 17.9 Å². The number of rotatable bonds is 11. The van der Waals surface area contributed by atoms with Crippen LogP contribution in [0.3, 0.4) is 0 Å². The first-order valence-electron chi connectivity index (χ1n) is 20.6. The molecule has 2 aromatic carbocycles. The van der Waals surface area contributed by atoms with E-state index in [-0.39, 0.29) is 36.1 Å². The fourth-order valence-corrected chi connectivity index (χ4v) is 9.76. The summed E-state index contributed by atoms with van der Waals surface area (Å²) in [6.07, 6.45) is 10.3. The number of amides is 3. The van der Waals surface area contributed by atoms with Crippen LogP contribution in [-0.2, 0) is 30.3 Å². The lowest BCUT2D eigenvalue weighted by molar-refractivity contribution is -0.153. The smallest absolute Gasteiger partial charge is 0.407 e. The van der Waals surface area contributed by atoms with E-state index < -0.39 is 24.0 Å². The highest BCUT2D eigenvalue weighted by molar-refractivity contribution is 5.86. The Balaban J connectivity index is 0.874. The summed E-state index contributed by atoms with van der Waals surface area (Å²) in [5.74, 6) is 1.11. The maximum absolute atomic E-state index is 14.0. The minimum absolute atomic E-state index is 0.0827. The van der Waals surface area contributed by atoms with Gasteiger partial charge in [0.25, 0.3) is 0 Å². The molecule has 2 saturated heterocycles. The molecule has 6 atom stereocenters. The molecule has 4 fully saturated rings. The van der Waals surface area contributed by atoms with Crippen molar-refractivity contribution in [3.05, 3.63) is 103 Å². The Morgan fingerprint density at radius 1 is 0.864 bits per heavy atom. The quantitative estimate of drug-likeness (QED) is 0.118. The first-order valence-corrected chi connectivity index (χ1v) is 20.6. The summed E-state index contributed by atoms with van der Waals surface area (Å²) in [6, 6.07) is 19.3. The lowest BCUT2D eigenvalue weighted by Crippen LogP contribution is -2.52. The van der Waals surface area contributed by atoms with Gasteiger partial charge in [0.2, 0.25) is 11.8 Å². The van der Waals surface area contributed by atoms with Gasteiger partial charge >= 0.3 is 6.09 Å². The first kappa shape index (κ1) is 38.6. The summed E-state index contributed by atoms with van der Waals surface area (Å²) in [4.78, 5) is 62.2. The average molecular weight is 799 g/mol. The van der Waals surface area contributed by atoms with Gasteiger partial charge in [-0.2, -0.15) is 0 Å². The van der Waals surface area contributed by atoms with Crippen molar-refractivity contribution in [2.75, 3.05) is 26.9 Å². The van der Waals surface area contributed by atoms with Crippen molar-refractivity contribution in [1.29, 1.82) is 0 Å². The van der Waals surface area contributed by atoms with Gasteiger partial charge in [-0.25, -0.2) is 14.8 Å². The number of nitrogens with one attached hydrogen (secondary N) is 4. The molecule has 4 aliphatic rings. The van der Waals surface area contributed by atoms with Crippen LogP contribution in [0.15, 0.2) is 85.5 Å². The molecule has 5 aromatic rings. The highest BCUT2D eigenvalue weighted by Crippen LogP contribution is 2.56. The van der Waals surface area contributed by atoms with Crippen LogP contribution < -0.4 is 10.6 Å². The number of aromatic amines is 2. The van der Waals surface area contributed by atoms with E-state index in [1.54, 1.807) is 23.5 Å². The van der Waals surface area contributed by atoms with Gasteiger partial charge in [0.05, 0.1) is 62.6 Å². The molecule has 3 amide bonds. The standard InChI is InChI=1S/C45H50N8O6/c1-26(2)39(52-44(56)57-3)43(55)53-25-45(58-17-18-59-45)20-36(53)40-47-23-34(50-40)30-10-6-28(7-11-30)29-8-12-31(13-9-29)35-24-48-41(51-35)37-32-14-15-33(19-32)38(37)42(54)49-22-27-5-4-16-46-21-27/h4-13,16,21,23-24,26,32-33,36-39H,14-15,17-20,22,25H2,1-3H3,(H,47,50)(H,48,51)(H,49,54)(H,52,56)/t32?,33?,36-,37+,38+,39-/m0/s1. The summed E-state index contributed by atoms with van der Waals surface area (Å²) in [6.45, 7) is 5.35. The van der Waals surface area contributed by atoms with Gasteiger partial charge in [-0.05, 0) is 70.9 Å². The van der Waals surface area contributed by atoms with Crippen molar-refractivity contribution in [1.82, 2.24) is 40.5 Å². The Kier molecular flexibility index (Phi) is 10.5. The van der Waals surface area contributed by atoms with E-state index in [9.17, 15) is 14.4 Å². The Bertz CT molecular complexity index is 2280. The lowest BCUT2D eigenvalue weighted by Gasteiger charge is -2.30. The van der Waals surface area contributed by atoms with Gasteiger partial charge in [-0.15, -0.1) is 0 Å². The summed E-state index contributed by atoms with van der Waals surface area (Å²) >= 11 is 0. The van der Waals surface area contributed by atoms with Crippen molar-refractivity contribution in [3.63, 3.8) is 0 Å². The number of hydrogen-bond donors (Lipinski definition) is 4. The number of carbonyl (C=O) groups is 3. The van der Waals surface area contributed by atoms with Crippen LogP contribution in [-0.4, -0.2) is 86.4 Å². The zero-order valence-corrected chi connectivity index (χ0v) is 33.5. The average Bonchev–Trinajstić information content (AvgIpc) is 4.14. The summed E-state index contributed by atoms with van der Waals surface area (Å²) in [7, 11) is 1.28. The number of likely N-dealkylation sites (tertiary alicyclic amines) is 1. The number of pyridine rings is 1. The topological polar surface area (TPSA) is 176 Å². The van der Waals surface area contributed by atoms with Crippen LogP contribution in [0.25, 0.3) is 33.6 Å². The molecule has 2 unspecified atom stereocenters. The monoisotopic (exact) mass is 798 g/mol. The van der Waals surface area contributed by atoms with Crippen molar-refractivity contribution < 1.29 is 28.6 Å². The minimum atomic E-state index is -0.922. The summed E-state index contributed by atoms with van der Waals surface area (Å²) in [5.41, 5.74) is 6.87. The Labute approximate surface area is 342 Å². The number of aromatic nitrogens is 5. The van der Waals surface area contributed by atoms with Crippen molar-refractivity contribution in [2.24, 2.45) is 23.7 Å². The number of carbonyl (C=O) groups excluding carboxylic acids is 3. The second kappa shape index (κ2) is 16.1. The normalized spacial score (nSPS) is 23.5. The number of alkyl carbamates (subject to hydrolysis) is 1. The maximum Gasteiger partial charge on any atom is 0.407 e. The fraction of sp³-hybridized carbons (Fsp3) is 0.422. The van der Waals surface area contributed by atoms with E-state index in [0.29, 0.717) is 43.8 Å². The third-order valence-corrected chi connectivity index (χ3v) is 12.7. The Morgan fingerprint density at radius 3 is 2.12 bits per heavy atom. The van der Waals surface area contributed by atoms with Crippen LogP contribution in [0, 0.1) is 23.7 Å². The van der Waals surface area contributed by atoms with Gasteiger partial charge in [-0.1, -0.05) is 68.4 Å². The SMILES string of the molecule is COC(=O)N[C@H](C(=O)N1CC2(C[C@H]1c1ncc(-c3ccc(-c4ccc(-c5cnc([C@@H]6C7CCC(C7)[C@H]6C(=O)NCc6cccnc6)[nH]5)cc4)cc3)[nH]1)OCCO2)C(C)C. The zero-order chi connectivity index (χ0) is 40.7. The number of ether oxygens (including phenoxy) is 3. The van der Waals surface area contributed by atoms with Crippen LogP contribution in [0.5, 0.6) is 0 Å². The van der Waals surface area contributed by atoms with Crippen LogP contribution in [0.2, 0.25) is 0 Å². The number of fused-ring (bicyclic) bond motifs is 2. The predicted octanol–water partition coefficient (Wildman–Crippen LogP) is 6.37. The van der Waals surface area contributed by atoms with Gasteiger partial charge < -0.3 is 39.7 Å². The number of benzene rings is 2. The van der Waals surface area contributed by atoms with Crippen LogP contribution in [0.4, 0.5) is 4.79 Å². The number of imidazole rings is 2. The van der Waals surface area contributed by atoms with Gasteiger partial charge in [0.15, 0.2) is 5.79 Å². The van der Waals surface area contributed by atoms with Gasteiger partial charge in [-0.3, -0.25) is 14.6 Å². The summed E-state index contributed by atoms with van der Waals surface area (Å²) < 4.78 is 16.9. The minimum Gasteiger partial charge on any atom is -0.453 e. The molecule has 14 heteroatoms. The highest BCUT2D eigenvalue weighted by atomic mass is 16.7. The van der Waals surface area contributed by atoms with E-state index >= 15 is 0 Å². The Morgan fingerprint density at radius 2 is 1.49 bits per heavy atom. The molecule has 2 saturated carbocycles. The molecule has 59 heavy (non-hydrogen) atoms. The second-order valence-corrected chi connectivity index (χ2v) is 16.6. The van der Waals surface area contributed by atoms with E-state index in [2.05, 4.69) is 74.1 Å². The highest BCUT2D eigenvalue weighted by Gasteiger charge is 2.54. The molecule has 0 radical (unpaired) electrons. The number of H-pyrrole nitrogens is 2. The molecule has 2 aliphatic carbocycles. The van der Waals surface area contributed by atoms with Crippen LogP contribution >= 0.6 is 0 Å². The molecule has 1 spiro atoms. The molecule has 2 bridgehead atoms. The summed E-state index contributed by atoms with van der Waals surface area (Å²) in [5, 5.41) is 5.88. The number of hydrogen-bond acceptors (Lipinski definition) is 9. The molecule has 306 valence electrons. The first-order chi connectivity index (χ1) is 28.7. The molecule has 9 rings (SSSR count). The third-order valence-electron chi connectivity index (χ3n) is 12.7. The number of nitrogens with zero attached hydrogens (tertiary/aromatic N) is 4. The third kappa shape index (κ3) is 7.62. The van der Waals surface area contributed by atoms with Gasteiger partial charge in [0, 0.05) is 31.3 Å². The van der Waals surface area contributed by atoms with E-state index in [1.807, 2.05) is 32.2 Å². The molecular formula is C45H50N8O6.